The maximum Gasteiger partial charge on any atom is 0.0525 e. The van der Waals surface area contributed by atoms with Gasteiger partial charge >= 0.3 is 0 Å². The third-order valence-electron chi connectivity index (χ3n) is 7.27. The van der Waals surface area contributed by atoms with E-state index in [1.54, 1.807) is 11.1 Å². The van der Waals surface area contributed by atoms with Crippen LogP contribution in [0.5, 0.6) is 0 Å². The summed E-state index contributed by atoms with van der Waals surface area (Å²) in [4.78, 5) is 0. The fourth-order valence-corrected chi connectivity index (χ4v) is 5.98. The summed E-state index contributed by atoms with van der Waals surface area (Å²) in [6.07, 6.45) is 12.1. The Hall–Kier alpha value is -0.560. The Morgan fingerprint density at radius 2 is 1.95 bits per heavy atom. The highest BCUT2D eigenvalue weighted by atomic mass is 16.3. The predicted octanol–water partition coefficient (Wildman–Crippen LogP) is 5.26. The highest BCUT2D eigenvalue weighted by Gasteiger charge is 2.52. The lowest BCUT2D eigenvalue weighted by molar-refractivity contribution is 0.00337. The Balaban J connectivity index is 1.97. The molecule has 0 unspecified atom stereocenters. The average Bonchev–Trinajstić information content (AvgIpc) is 2.45. The summed E-state index contributed by atoms with van der Waals surface area (Å²) >= 11 is 0. The fourth-order valence-electron chi connectivity index (χ4n) is 5.98. The van der Waals surface area contributed by atoms with Gasteiger partial charge in [0.1, 0.15) is 0 Å². The van der Waals surface area contributed by atoms with Gasteiger partial charge in [-0.15, -0.1) is 6.58 Å². The second-order valence-corrected chi connectivity index (χ2v) is 8.83. The molecule has 0 radical (unpaired) electrons. The molecule has 1 nitrogen and oxygen atoms in total. The first-order chi connectivity index (χ1) is 9.87. The van der Waals surface area contributed by atoms with Gasteiger partial charge < -0.3 is 5.11 Å². The molecule has 0 heterocycles. The van der Waals surface area contributed by atoms with Crippen molar-refractivity contribution in [1.29, 1.82) is 0 Å². The molecule has 1 saturated carbocycles. The number of aliphatic hydroxyl groups is 1. The molecule has 0 spiro atoms. The van der Waals surface area contributed by atoms with Crippen molar-refractivity contribution in [3.63, 3.8) is 0 Å². The molecule has 3 rings (SSSR count). The highest BCUT2D eigenvalue weighted by Crippen LogP contribution is 2.62. The minimum Gasteiger partial charge on any atom is -0.395 e. The van der Waals surface area contributed by atoms with E-state index in [-0.39, 0.29) is 12.0 Å². The number of allylic oxidation sites excluding steroid dienone is 2. The normalized spacial score (nSPS) is 42.2. The van der Waals surface area contributed by atoms with Crippen LogP contribution in [0.2, 0.25) is 0 Å². The van der Waals surface area contributed by atoms with E-state index in [4.69, 9.17) is 0 Å². The smallest absolute Gasteiger partial charge is 0.0525 e. The monoisotopic (exact) mass is 288 g/mol. The maximum absolute atomic E-state index is 9.82. The summed E-state index contributed by atoms with van der Waals surface area (Å²) in [5.41, 5.74) is 4.34. The van der Waals surface area contributed by atoms with E-state index in [1.165, 1.54) is 38.5 Å². The van der Waals surface area contributed by atoms with Crippen LogP contribution in [0.4, 0.5) is 0 Å². The molecule has 118 valence electrons. The van der Waals surface area contributed by atoms with E-state index in [0.717, 1.165) is 18.8 Å². The topological polar surface area (TPSA) is 20.2 Å². The van der Waals surface area contributed by atoms with Crippen molar-refractivity contribution in [2.75, 3.05) is 6.61 Å². The van der Waals surface area contributed by atoms with Gasteiger partial charge in [0, 0.05) is 5.41 Å². The van der Waals surface area contributed by atoms with E-state index in [9.17, 15) is 5.11 Å². The molecule has 1 heteroatoms. The average molecular weight is 288 g/mol. The summed E-state index contributed by atoms with van der Waals surface area (Å²) < 4.78 is 0. The molecule has 0 aromatic heterocycles. The Morgan fingerprint density at radius 3 is 2.62 bits per heavy atom. The lowest BCUT2D eigenvalue weighted by Crippen LogP contribution is -2.47. The van der Waals surface area contributed by atoms with E-state index in [1.807, 2.05) is 6.08 Å². The van der Waals surface area contributed by atoms with Crippen LogP contribution in [0.1, 0.15) is 72.1 Å². The van der Waals surface area contributed by atoms with Crippen molar-refractivity contribution in [2.24, 2.45) is 22.2 Å². The van der Waals surface area contributed by atoms with Crippen LogP contribution in [0.15, 0.2) is 23.8 Å². The number of hydrogen-bond donors (Lipinski definition) is 1. The zero-order valence-electron chi connectivity index (χ0n) is 14.2. The number of aliphatic hydroxyl groups excluding tert-OH is 1. The molecule has 1 fully saturated rings. The van der Waals surface area contributed by atoms with Crippen LogP contribution in [0.25, 0.3) is 0 Å². The number of hydrogen-bond acceptors (Lipinski definition) is 1. The van der Waals surface area contributed by atoms with Crippen molar-refractivity contribution >= 4 is 0 Å². The molecule has 0 aromatic rings. The van der Waals surface area contributed by atoms with Crippen LogP contribution in [-0.2, 0) is 0 Å². The Bertz CT molecular complexity index is 472. The van der Waals surface area contributed by atoms with Crippen LogP contribution in [-0.4, -0.2) is 11.7 Å². The van der Waals surface area contributed by atoms with Crippen molar-refractivity contribution in [3.05, 3.63) is 23.8 Å². The second-order valence-electron chi connectivity index (χ2n) is 8.83. The minimum atomic E-state index is -0.0355. The highest BCUT2D eigenvalue weighted by molar-refractivity contribution is 5.32. The molecule has 0 amide bonds. The predicted molar refractivity (Wildman–Crippen MR) is 89.1 cm³/mol. The first-order valence-electron chi connectivity index (χ1n) is 8.83. The second kappa shape index (κ2) is 4.98. The van der Waals surface area contributed by atoms with Gasteiger partial charge in [0.05, 0.1) is 6.61 Å². The summed E-state index contributed by atoms with van der Waals surface area (Å²) in [6, 6.07) is 0. The van der Waals surface area contributed by atoms with Crippen molar-refractivity contribution in [3.8, 4) is 0 Å². The molecule has 3 aliphatic carbocycles. The summed E-state index contributed by atoms with van der Waals surface area (Å²) in [6.45, 7) is 11.8. The molecular formula is C20H32O. The van der Waals surface area contributed by atoms with E-state index >= 15 is 0 Å². The first kappa shape index (κ1) is 15.3. The number of fused-ring (bicyclic) bond motifs is 2. The first-order valence-corrected chi connectivity index (χ1v) is 8.83. The molecule has 1 N–H and O–H groups in total. The standard InChI is InChI=1S/C20H32O/c1-5-20(14-21)12-9-16-15(13-20)7-8-17-18(2,3)10-6-11-19(16,17)4/h5,17,21H,1,6-14H2,2-4H3/t17-,19+,20+/m0/s1. The van der Waals surface area contributed by atoms with Crippen LogP contribution in [0, 0.1) is 22.2 Å². The summed E-state index contributed by atoms with van der Waals surface area (Å²) in [5.74, 6) is 0.850. The maximum atomic E-state index is 9.82. The van der Waals surface area contributed by atoms with E-state index in [0.29, 0.717) is 10.8 Å². The lowest BCUT2D eigenvalue weighted by atomic mass is 9.48. The summed E-state index contributed by atoms with van der Waals surface area (Å²) in [7, 11) is 0. The molecule has 0 saturated heterocycles. The van der Waals surface area contributed by atoms with Gasteiger partial charge in [-0.1, -0.05) is 44.4 Å². The Labute approximate surface area is 130 Å². The van der Waals surface area contributed by atoms with Gasteiger partial charge in [-0.25, -0.2) is 0 Å². The molecule has 21 heavy (non-hydrogen) atoms. The zero-order valence-corrected chi connectivity index (χ0v) is 14.2. The minimum absolute atomic E-state index is 0.0355. The molecule has 0 aliphatic heterocycles. The van der Waals surface area contributed by atoms with Crippen molar-refractivity contribution in [1.82, 2.24) is 0 Å². The summed E-state index contributed by atoms with van der Waals surface area (Å²) in [5, 5.41) is 9.82. The third-order valence-corrected chi connectivity index (χ3v) is 7.27. The fraction of sp³-hybridized carbons (Fsp3) is 0.800. The van der Waals surface area contributed by atoms with Gasteiger partial charge in [-0.3, -0.25) is 0 Å². The van der Waals surface area contributed by atoms with Crippen molar-refractivity contribution < 1.29 is 5.11 Å². The van der Waals surface area contributed by atoms with Crippen LogP contribution in [0.3, 0.4) is 0 Å². The largest absolute Gasteiger partial charge is 0.395 e. The van der Waals surface area contributed by atoms with Crippen LogP contribution >= 0.6 is 0 Å². The zero-order chi connectivity index (χ0) is 15.3. The number of rotatable bonds is 2. The molecule has 3 atom stereocenters. The van der Waals surface area contributed by atoms with Gasteiger partial charge in [0.2, 0.25) is 0 Å². The van der Waals surface area contributed by atoms with Crippen LogP contribution < -0.4 is 0 Å². The SMILES string of the molecule is C=C[C@@]1(CO)CCC2=C(CC[C@H]3C(C)(C)CCC[C@]23C)C1. The van der Waals surface area contributed by atoms with Crippen molar-refractivity contribution in [2.45, 2.75) is 72.1 Å². The quantitative estimate of drug-likeness (QED) is 0.687. The van der Waals surface area contributed by atoms with E-state index in [2.05, 4.69) is 27.4 Å². The van der Waals surface area contributed by atoms with Gasteiger partial charge in [0.15, 0.2) is 0 Å². The van der Waals surface area contributed by atoms with Gasteiger partial charge in [0.25, 0.3) is 0 Å². The molecule has 0 aromatic carbocycles. The molecular weight excluding hydrogens is 256 g/mol. The Kier molecular flexibility index (Phi) is 3.64. The third kappa shape index (κ3) is 2.23. The van der Waals surface area contributed by atoms with Gasteiger partial charge in [-0.05, 0) is 61.7 Å². The van der Waals surface area contributed by atoms with E-state index < -0.39 is 0 Å². The lowest BCUT2D eigenvalue weighted by Gasteiger charge is -2.57. The molecule has 0 bridgehead atoms. The van der Waals surface area contributed by atoms with Gasteiger partial charge in [-0.2, -0.15) is 0 Å². The Morgan fingerprint density at radius 1 is 1.19 bits per heavy atom. The molecule has 3 aliphatic rings.